The van der Waals surface area contributed by atoms with Crippen LogP contribution in [-0.4, -0.2) is 38.6 Å². The third-order valence-corrected chi connectivity index (χ3v) is 4.27. The van der Waals surface area contributed by atoms with Crippen LogP contribution in [0.4, 0.5) is 0 Å². The van der Waals surface area contributed by atoms with Gasteiger partial charge in [-0.05, 0) is 37.2 Å². The molecule has 1 fully saturated rings. The molecule has 1 aliphatic rings. The second-order valence-corrected chi connectivity index (χ2v) is 6.15. The molecule has 118 valence electrons. The normalized spacial score (nSPS) is 17.3. The molecule has 0 unspecified atom stereocenters. The van der Waals surface area contributed by atoms with E-state index in [1.807, 2.05) is 22.9 Å². The van der Waals surface area contributed by atoms with Gasteiger partial charge in [0.25, 0.3) is 0 Å². The highest BCUT2D eigenvalue weighted by molar-refractivity contribution is 5.14. The largest absolute Gasteiger partial charge is 0.392 e. The Balaban J connectivity index is 1.41. The van der Waals surface area contributed by atoms with Gasteiger partial charge in [-0.1, -0.05) is 30.3 Å². The van der Waals surface area contributed by atoms with Crippen molar-refractivity contribution in [2.75, 3.05) is 6.54 Å². The number of hydrogen-bond acceptors (Lipinski definition) is 4. The van der Waals surface area contributed by atoms with Crippen molar-refractivity contribution < 1.29 is 5.11 Å². The van der Waals surface area contributed by atoms with Crippen molar-refractivity contribution in [1.29, 1.82) is 0 Å². The predicted molar refractivity (Wildman–Crippen MR) is 85.3 cm³/mol. The van der Waals surface area contributed by atoms with Gasteiger partial charge in [-0.3, -0.25) is 4.68 Å². The summed E-state index contributed by atoms with van der Waals surface area (Å²) in [5, 5.41) is 17.9. The average Bonchev–Trinajstić information content (AvgIpc) is 3.27. The molecule has 5 nitrogen and oxygen atoms in total. The van der Waals surface area contributed by atoms with Crippen molar-refractivity contribution in [3.63, 3.8) is 0 Å². The van der Waals surface area contributed by atoms with Gasteiger partial charge in [-0.2, -0.15) is 5.10 Å². The summed E-state index contributed by atoms with van der Waals surface area (Å²) in [6, 6.07) is 10.7. The van der Waals surface area contributed by atoms with E-state index in [4.69, 9.17) is 0 Å². The molecule has 1 aliphatic carbocycles. The fourth-order valence-electron chi connectivity index (χ4n) is 2.77. The standard InChI is InChI=1S/C17H24N4O/c22-16(9-6-14-4-2-1-3-5-14)10-19-17(15-7-8-15)11-21-13-18-12-20-21/h1-5,12-13,15-17,19,22H,6-11H2/t16-,17+/m0/s1. The first kappa shape index (κ1) is 15.2. The Labute approximate surface area is 131 Å². The fourth-order valence-corrected chi connectivity index (χ4v) is 2.77. The summed E-state index contributed by atoms with van der Waals surface area (Å²) in [6.07, 6.45) is 7.26. The Morgan fingerprint density at radius 2 is 2.09 bits per heavy atom. The summed E-state index contributed by atoms with van der Waals surface area (Å²) >= 11 is 0. The summed E-state index contributed by atoms with van der Waals surface area (Å²) < 4.78 is 1.87. The molecule has 0 radical (unpaired) electrons. The van der Waals surface area contributed by atoms with Gasteiger partial charge in [0.15, 0.2) is 0 Å². The Bertz CT molecular complexity index is 539. The van der Waals surface area contributed by atoms with Crippen LogP contribution in [0.1, 0.15) is 24.8 Å². The van der Waals surface area contributed by atoms with E-state index in [0.717, 1.165) is 19.4 Å². The van der Waals surface area contributed by atoms with Crippen molar-refractivity contribution in [1.82, 2.24) is 20.1 Å². The molecular formula is C17H24N4O. The van der Waals surface area contributed by atoms with Gasteiger partial charge in [0.1, 0.15) is 12.7 Å². The first-order valence-electron chi connectivity index (χ1n) is 8.09. The van der Waals surface area contributed by atoms with Crippen LogP contribution in [0.5, 0.6) is 0 Å². The van der Waals surface area contributed by atoms with Crippen molar-refractivity contribution >= 4 is 0 Å². The van der Waals surface area contributed by atoms with Gasteiger partial charge in [-0.15, -0.1) is 0 Å². The number of aliphatic hydroxyl groups is 1. The molecule has 1 saturated carbocycles. The minimum absolute atomic E-state index is 0.308. The van der Waals surface area contributed by atoms with E-state index < -0.39 is 0 Å². The van der Waals surface area contributed by atoms with E-state index in [-0.39, 0.29) is 6.10 Å². The fraction of sp³-hybridized carbons (Fsp3) is 0.529. The van der Waals surface area contributed by atoms with Crippen LogP contribution in [0, 0.1) is 5.92 Å². The molecule has 22 heavy (non-hydrogen) atoms. The third kappa shape index (κ3) is 4.64. The van der Waals surface area contributed by atoms with Crippen LogP contribution in [0.25, 0.3) is 0 Å². The third-order valence-electron chi connectivity index (χ3n) is 4.27. The first-order valence-corrected chi connectivity index (χ1v) is 8.09. The number of aryl methyl sites for hydroxylation is 1. The van der Waals surface area contributed by atoms with Gasteiger partial charge in [0, 0.05) is 12.6 Å². The number of aromatic nitrogens is 3. The molecule has 1 aromatic heterocycles. The molecule has 0 saturated heterocycles. The summed E-state index contributed by atoms with van der Waals surface area (Å²) in [7, 11) is 0. The highest BCUT2D eigenvalue weighted by Crippen LogP contribution is 2.33. The molecule has 2 atom stereocenters. The van der Waals surface area contributed by atoms with Crippen molar-refractivity contribution in [2.24, 2.45) is 5.92 Å². The Morgan fingerprint density at radius 1 is 1.27 bits per heavy atom. The minimum atomic E-state index is -0.308. The summed E-state index contributed by atoms with van der Waals surface area (Å²) in [4.78, 5) is 3.99. The molecule has 2 N–H and O–H groups in total. The summed E-state index contributed by atoms with van der Waals surface area (Å²) in [5.74, 6) is 0.713. The summed E-state index contributed by atoms with van der Waals surface area (Å²) in [5.41, 5.74) is 1.28. The van der Waals surface area contributed by atoms with Crippen LogP contribution in [-0.2, 0) is 13.0 Å². The van der Waals surface area contributed by atoms with Crippen LogP contribution in [0.3, 0.4) is 0 Å². The molecule has 0 aliphatic heterocycles. The lowest BCUT2D eigenvalue weighted by atomic mass is 10.1. The maximum atomic E-state index is 10.2. The van der Waals surface area contributed by atoms with Crippen LogP contribution < -0.4 is 5.32 Å². The van der Waals surface area contributed by atoms with E-state index in [1.165, 1.54) is 18.4 Å². The monoisotopic (exact) mass is 300 g/mol. The number of rotatable bonds is 9. The molecule has 0 bridgehead atoms. The topological polar surface area (TPSA) is 63.0 Å². The van der Waals surface area contributed by atoms with Gasteiger partial charge >= 0.3 is 0 Å². The minimum Gasteiger partial charge on any atom is -0.392 e. The Morgan fingerprint density at radius 3 is 2.77 bits per heavy atom. The average molecular weight is 300 g/mol. The molecule has 0 amide bonds. The van der Waals surface area contributed by atoms with Crippen molar-refractivity contribution in [3.05, 3.63) is 48.5 Å². The van der Waals surface area contributed by atoms with E-state index in [2.05, 4.69) is 27.5 Å². The van der Waals surface area contributed by atoms with Gasteiger partial charge in [0.05, 0.1) is 12.6 Å². The molecule has 1 aromatic carbocycles. The molecule has 1 heterocycles. The van der Waals surface area contributed by atoms with Crippen molar-refractivity contribution in [3.8, 4) is 0 Å². The molecule has 2 aromatic rings. The lowest BCUT2D eigenvalue weighted by Crippen LogP contribution is -2.40. The number of hydrogen-bond donors (Lipinski definition) is 2. The van der Waals surface area contributed by atoms with E-state index in [1.54, 1.807) is 12.7 Å². The van der Waals surface area contributed by atoms with E-state index >= 15 is 0 Å². The maximum absolute atomic E-state index is 10.2. The maximum Gasteiger partial charge on any atom is 0.137 e. The Hall–Kier alpha value is -1.72. The number of aliphatic hydroxyl groups excluding tert-OH is 1. The number of benzene rings is 1. The van der Waals surface area contributed by atoms with Gasteiger partial charge < -0.3 is 10.4 Å². The molecule has 0 spiro atoms. The SMILES string of the molecule is O[C@@H](CCc1ccccc1)CN[C@H](Cn1cncn1)C1CC1. The smallest absolute Gasteiger partial charge is 0.137 e. The number of nitrogens with one attached hydrogen (secondary N) is 1. The van der Waals surface area contributed by atoms with Crippen LogP contribution in [0.2, 0.25) is 0 Å². The quantitative estimate of drug-likeness (QED) is 0.739. The zero-order valence-corrected chi connectivity index (χ0v) is 12.8. The van der Waals surface area contributed by atoms with Gasteiger partial charge in [-0.25, -0.2) is 4.98 Å². The zero-order chi connectivity index (χ0) is 15.2. The predicted octanol–water partition coefficient (Wildman–Crippen LogP) is 1.64. The zero-order valence-electron chi connectivity index (χ0n) is 12.8. The summed E-state index contributed by atoms with van der Waals surface area (Å²) in [6.45, 7) is 1.47. The Kier molecular flexibility index (Phi) is 5.19. The lowest BCUT2D eigenvalue weighted by molar-refractivity contribution is 0.154. The highest BCUT2D eigenvalue weighted by Gasteiger charge is 2.31. The first-order chi connectivity index (χ1) is 10.8. The van der Waals surface area contributed by atoms with E-state index in [9.17, 15) is 5.11 Å². The van der Waals surface area contributed by atoms with Crippen molar-refractivity contribution in [2.45, 2.75) is 44.4 Å². The van der Waals surface area contributed by atoms with Crippen LogP contribution >= 0.6 is 0 Å². The molecular weight excluding hydrogens is 276 g/mol. The number of nitrogens with zero attached hydrogens (tertiary/aromatic N) is 3. The van der Waals surface area contributed by atoms with E-state index in [0.29, 0.717) is 18.5 Å². The highest BCUT2D eigenvalue weighted by atomic mass is 16.3. The molecule has 5 heteroatoms. The van der Waals surface area contributed by atoms with Crippen LogP contribution in [0.15, 0.2) is 43.0 Å². The lowest BCUT2D eigenvalue weighted by Gasteiger charge is -2.20. The second-order valence-electron chi connectivity index (χ2n) is 6.15. The second kappa shape index (κ2) is 7.51. The molecule has 3 rings (SSSR count). The van der Waals surface area contributed by atoms with Gasteiger partial charge in [0.2, 0.25) is 0 Å².